The van der Waals surface area contributed by atoms with Crippen molar-refractivity contribution in [2.24, 2.45) is 5.92 Å². The number of rotatable bonds is 6. The number of carbonyl (C=O) groups excluding carboxylic acids is 1. The third kappa shape index (κ3) is 5.03. The van der Waals surface area contributed by atoms with Crippen LogP contribution in [0.1, 0.15) is 24.6 Å². The monoisotopic (exact) mass is 344 g/mol. The molecule has 134 valence electrons. The summed E-state index contributed by atoms with van der Waals surface area (Å²) in [6.07, 6.45) is 3.00. The van der Waals surface area contributed by atoms with Crippen LogP contribution < -0.4 is 10.1 Å². The van der Waals surface area contributed by atoms with Crippen LogP contribution in [0, 0.1) is 12.8 Å². The number of anilines is 1. The molecule has 1 aromatic heterocycles. The topological polar surface area (TPSA) is 80.5 Å². The van der Waals surface area contributed by atoms with Crippen molar-refractivity contribution >= 4 is 11.6 Å². The molecule has 0 saturated carbocycles. The van der Waals surface area contributed by atoms with Gasteiger partial charge >= 0.3 is 0 Å². The van der Waals surface area contributed by atoms with Gasteiger partial charge in [-0.15, -0.1) is 0 Å². The van der Waals surface area contributed by atoms with E-state index >= 15 is 0 Å². The molecule has 0 unspecified atom stereocenters. The third-order valence-corrected chi connectivity index (χ3v) is 4.36. The molecular weight excluding hydrogens is 320 g/mol. The van der Waals surface area contributed by atoms with Gasteiger partial charge in [-0.25, -0.2) is 0 Å². The molecule has 1 N–H and O–H groups in total. The van der Waals surface area contributed by atoms with Gasteiger partial charge in [-0.1, -0.05) is 11.2 Å². The van der Waals surface area contributed by atoms with E-state index in [9.17, 15) is 4.79 Å². The number of aryl methyl sites for hydroxylation is 1. The molecule has 0 aliphatic carbocycles. The molecule has 3 rings (SSSR count). The van der Waals surface area contributed by atoms with Crippen molar-refractivity contribution in [3.63, 3.8) is 0 Å². The number of hydrogen-bond acceptors (Lipinski definition) is 6. The fourth-order valence-corrected chi connectivity index (χ4v) is 3.25. The zero-order valence-electron chi connectivity index (χ0n) is 14.7. The average Bonchev–Trinajstić information content (AvgIpc) is 3.00. The predicted molar refractivity (Wildman–Crippen MR) is 93.5 cm³/mol. The Morgan fingerprint density at radius 2 is 2.36 bits per heavy atom. The van der Waals surface area contributed by atoms with Gasteiger partial charge in [-0.3, -0.25) is 9.69 Å². The third-order valence-electron chi connectivity index (χ3n) is 4.36. The smallest absolute Gasteiger partial charge is 0.238 e. The first-order valence-corrected chi connectivity index (χ1v) is 8.58. The number of nitrogens with one attached hydrogen (secondary N) is 1. The van der Waals surface area contributed by atoms with Crippen LogP contribution in [0.3, 0.4) is 0 Å². The van der Waals surface area contributed by atoms with E-state index in [-0.39, 0.29) is 5.91 Å². The summed E-state index contributed by atoms with van der Waals surface area (Å²) in [6.45, 7) is 4.00. The zero-order valence-corrected chi connectivity index (χ0v) is 14.7. The highest BCUT2D eigenvalue weighted by Crippen LogP contribution is 2.20. The first-order valence-electron chi connectivity index (χ1n) is 8.58. The molecule has 0 bridgehead atoms. The number of carbonyl (C=O) groups is 1. The molecule has 0 spiro atoms. The Kier molecular flexibility index (Phi) is 5.65. The lowest BCUT2D eigenvalue weighted by Crippen LogP contribution is -2.41. The Bertz CT molecular complexity index is 716. The molecule has 1 fully saturated rings. The minimum Gasteiger partial charge on any atom is -0.497 e. The summed E-state index contributed by atoms with van der Waals surface area (Å²) in [5, 5.41) is 6.90. The largest absolute Gasteiger partial charge is 0.497 e. The molecule has 1 atom stereocenters. The minimum absolute atomic E-state index is 0.00990. The van der Waals surface area contributed by atoms with Gasteiger partial charge in [0.1, 0.15) is 5.75 Å². The van der Waals surface area contributed by atoms with Gasteiger partial charge in [0.15, 0.2) is 5.82 Å². The van der Waals surface area contributed by atoms with Crippen molar-refractivity contribution in [3.8, 4) is 5.75 Å². The molecule has 7 heteroatoms. The SMILES string of the molecule is COc1cccc(NC(=O)CN2CCC[C@@H](Cc3noc(C)n3)C2)c1. The molecule has 7 nitrogen and oxygen atoms in total. The quantitative estimate of drug-likeness (QED) is 0.866. The average molecular weight is 344 g/mol. The van der Waals surface area contributed by atoms with E-state index in [1.54, 1.807) is 14.0 Å². The minimum atomic E-state index is -0.00990. The Hall–Kier alpha value is -2.41. The van der Waals surface area contributed by atoms with Crippen LogP contribution in [0.4, 0.5) is 5.69 Å². The maximum Gasteiger partial charge on any atom is 0.238 e. The number of nitrogens with zero attached hydrogens (tertiary/aromatic N) is 3. The van der Waals surface area contributed by atoms with Crippen LogP contribution in [-0.2, 0) is 11.2 Å². The zero-order chi connectivity index (χ0) is 17.6. The second-order valence-electron chi connectivity index (χ2n) is 6.46. The van der Waals surface area contributed by atoms with Gasteiger partial charge in [-0.05, 0) is 37.4 Å². The number of hydrogen-bond donors (Lipinski definition) is 1. The van der Waals surface area contributed by atoms with E-state index in [4.69, 9.17) is 9.26 Å². The Morgan fingerprint density at radius 3 is 3.12 bits per heavy atom. The summed E-state index contributed by atoms with van der Waals surface area (Å²) in [4.78, 5) is 18.8. The number of amides is 1. The summed E-state index contributed by atoms with van der Waals surface area (Å²) < 4.78 is 10.2. The molecule has 1 saturated heterocycles. The number of piperidine rings is 1. The summed E-state index contributed by atoms with van der Waals surface area (Å²) >= 11 is 0. The Labute approximate surface area is 147 Å². The Morgan fingerprint density at radius 1 is 1.48 bits per heavy atom. The van der Waals surface area contributed by atoms with E-state index in [0.29, 0.717) is 18.4 Å². The van der Waals surface area contributed by atoms with E-state index in [1.165, 1.54) is 0 Å². The van der Waals surface area contributed by atoms with Gasteiger partial charge in [0.25, 0.3) is 0 Å². The molecule has 2 aromatic rings. The number of methoxy groups -OCH3 is 1. The highest BCUT2D eigenvalue weighted by molar-refractivity contribution is 5.92. The van der Waals surface area contributed by atoms with Crippen LogP contribution >= 0.6 is 0 Å². The van der Waals surface area contributed by atoms with Crippen molar-refractivity contribution in [1.82, 2.24) is 15.0 Å². The van der Waals surface area contributed by atoms with Crippen LogP contribution in [-0.4, -0.2) is 47.7 Å². The second kappa shape index (κ2) is 8.11. The number of likely N-dealkylation sites (tertiary alicyclic amines) is 1. The molecule has 2 heterocycles. The lowest BCUT2D eigenvalue weighted by atomic mass is 9.94. The van der Waals surface area contributed by atoms with E-state index in [1.807, 2.05) is 24.3 Å². The normalized spacial score (nSPS) is 18.1. The fourth-order valence-electron chi connectivity index (χ4n) is 3.25. The van der Waals surface area contributed by atoms with E-state index in [2.05, 4.69) is 20.4 Å². The van der Waals surface area contributed by atoms with Crippen LogP contribution in [0.15, 0.2) is 28.8 Å². The maximum atomic E-state index is 12.3. The van der Waals surface area contributed by atoms with E-state index in [0.717, 1.165) is 49.6 Å². The highest BCUT2D eigenvalue weighted by Gasteiger charge is 2.23. The predicted octanol–water partition coefficient (Wildman–Crippen LogP) is 2.28. The summed E-state index contributed by atoms with van der Waals surface area (Å²) in [6, 6.07) is 7.39. The van der Waals surface area contributed by atoms with Gasteiger partial charge in [0.05, 0.1) is 13.7 Å². The van der Waals surface area contributed by atoms with Crippen molar-refractivity contribution in [2.75, 3.05) is 32.1 Å². The number of aromatic nitrogens is 2. The molecule has 25 heavy (non-hydrogen) atoms. The fraction of sp³-hybridized carbons (Fsp3) is 0.500. The van der Waals surface area contributed by atoms with Crippen LogP contribution in [0.2, 0.25) is 0 Å². The van der Waals surface area contributed by atoms with Crippen molar-refractivity contribution < 1.29 is 14.1 Å². The number of ether oxygens (including phenoxy) is 1. The summed E-state index contributed by atoms with van der Waals surface area (Å²) in [5.41, 5.74) is 0.750. The molecule has 1 aromatic carbocycles. The van der Waals surface area contributed by atoms with Gasteiger partial charge in [0, 0.05) is 31.6 Å². The lowest BCUT2D eigenvalue weighted by Gasteiger charge is -2.31. The first-order chi connectivity index (χ1) is 12.1. The molecule has 0 radical (unpaired) electrons. The number of benzene rings is 1. The van der Waals surface area contributed by atoms with E-state index < -0.39 is 0 Å². The standard InChI is InChI=1S/C18H24N4O3/c1-13-19-17(21-25-13)9-14-5-4-8-22(11-14)12-18(23)20-15-6-3-7-16(10-15)24-2/h3,6-7,10,14H,4-5,8-9,11-12H2,1-2H3,(H,20,23)/t14-/m0/s1. The maximum absolute atomic E-state index is 12.3. The Balaban J connectivity index is 1.50. The van der Waals surface area contributed by atoms with Crippen molar-refractivity contribution in [1.29, 1.82) is 0 Å². The van der Waals surface area contributed by atoms with Gasteiger partial charge in [0.2, 0.25) is 11.8 Å². The van der Waals surface area contributed by atoms with Crippen molar-refractivity contribution in [2.45, 2.75) is 26.2 Å². The van der Waals surface area contributed by atoms with Crippen molar-refractivity contribution in [3.05, 3.63) is 36.0 Å². The lowest BCUT2D eigenvalue weighted by molar-refractivity contribution is -0.117. The van der Waals surface area contributed by atoms with Crippen LogP contribution in [0.25, 0.3) is 0 Å². The molecular formula is C18H24N4O3. The molecule has 1 aliphatic heterocycles. The second-order valence-corrected chi connectivity index (χ2v) is 6.46. The summed E-state index contributed by atoms with van der Waals surface area (Å²) in [5.74, 6) is 2.52. The van der Waals surface area contributed by atoms with Gasteiger partial charge < -0.3 is 14.6 Å². The van der Waals surface area contributed by atoms with Gasteiger partial charge in [-0.2, -0.15) is 4.98 Å². The summed E-state index contributed by atoms with van der Waals surface area (Å²) in [7, 11) is 1.61. The molecule has 1 aliphatic rings. The first kappa shape index (κ1) is 17.4. The molecule has 1 amide bonds. The van der Waals surface area contributed by atoms with Crippen LogP contribution in [0.5, 0.6) is 5.75 Å². The highest BCUT2D eigenvalue weighted by atomic mass is 16.5.